The van der Waals surface area contributed by atoms with Crippen molar-refractivity contribution < 1.29 is 14.3 Å². The molecule has 3 aromatic rings. The number of nitrogens with one attached hydrogen (secondary N) is 1. The second-order valence-electron chi connectivity index (χ2n) is 7.89. The Morgan fingerprint density at radius 3 is 2.29 bits per heavy atom. The molecule has 2 aromatic carbocycles. The van der Waals surface area contributed by atoms with Crippen LogP contribution in [0.4, 0.5) is 5.69 Å². The number of imide groups is 1. The SMILES string of the molecule is COc1ccc(C)cc1NC1=C(Sc2nc(C)cc(C)n2)C(=O)N(Cc2ccc(Cl)cc2)C1=O. The van der Waals surface area contributed by atoms with Crippen molar-refractivity contribution in [1.29, 1.82) is 0 Å². The standard InChI is InChI=1S/C25H23ClN4O3S/c1-14-5-10-20(33-4)19(11-14)29-21-22(34-25-27-15(2)12-16(3)28-25)24(32)30(23(21)31)13-17-6-8-18(26)9-7-17/h5-12,29H,13H2,1-4H3. The average Bonchev–Trinajstić information content (AvgIpc) is 2.99. The van der Waals surface area contributed by atoms with Crippen LogP contribution in [0.3, 0.4) is 0 Å². The van der Waals surface area contributed by atoms with Crippen molar-refractivity contribution in [2.24, 2.45) is 0 Å². The molecule has 0 radical (unpaired) electrons. The van der Waals surface area contributed by atoms with E-state index in [-0.39, 0.29) is 17.1 Å². The molecule has 2 amide bonds. The fourth-order valence-electron chi connectivity index (χ4n) is 3.56. The summed E-state index contributed by atoms with van der Waals surface area (Å²) in [6.07, 6.45) is 0. The molecule has 0 bridgehead atoms. The van der Waals surface area contributed by atoms with E-state index < -0.39 is 11.8 Å². The minimum atomic E-state index is -0.435. The van der Waals surface area contributed by atoms with Gasteiger partial charge >= 0.3 is 0 Å². The van der Waals surface area contributed by atoms with Crippen LogP contribution in [-0.4, -0.2) is 33.8 Å². The number of aromatic nitrogens is 2. The van der Waals surface area contributed by atoms with Crippen molar-refractivity contribution in [3.05, 3.63) is 86.7 Å². The van der Waals surface area contributed by atoms with Crippen molar-refractivity contribution in [3.8, 4) is 5.75 Å². The lowest BCUT2D eigenvalue weighted by atomic mass is 10.2. The van der Waals surface area contributed by atoms with Crippen LogP contribution in [0.2, 0.25) is 5.02 Å². The largest absolute Gasteiger partial charge is 0.495 e. The van der Waals surface area contributed by atoms with Crippen LogP contribution in [0.1, 0.15) is 22.5 Å². The normalized spacial score (nSPS) is 13.6. The lowest BCUT2D eigenvalue weighted by Crippen LogP contribution is -2.32. The minimum absolute atomic E-state index is 0.114. The van der Waals surface area contributed by atoms with E-state index in [0.717, 1.165) is 34.3 Å². The Morgan fingerprint density at radius 1 is 0.971 bits per heavy atom. The van der Waals surface area contributed by atoms with E-state index >= 15 is 0 Å². The molecular weight excluding hydrogens is 472 g/mol. The summed E-state index contributed by atoms with van der Waals surface area (Å²) in [6.45, 7) is 5.77. The number of rotatable bonds is 7. The highest BCUT2D eigenvalue weighted by atomic mass is 35.5. The van der Waals surface area contributed by atoms with Crippen molar-refractivity contribution >= 4 is 40.9 Å². The maximum atomic E-state index is 13.5. The van der Waals surface area contributed by atoms with Crippen LogP contribution in [0.15, 0.2) is 64.3 Å². The predicted molar refractivity (Wildman–Crippen MR) is 133 cm³/mol. The number of hydrogen-bond acceptors (Lipinski definition) is 7. The first-order valence-electron chi connectivity index (χ1n) is 10.5. The summed E-state index contributed by atoms with van der Waals surface area (Å²) in [5, 5.41) is 4.13. The van der Waals surface area contributed by atoms with Crippen molar-refractivity contribution in [2.75, 3.05) is 12.4 Å². The number of benzene rings is 2. The van der Waals surface area contributed by atoms with E-state index in [1.165, 1.54) is 4.90 Å². The molecule has 0 spiro atoms. The van der Waals surface area contributed by atoms with Gasteiger partial charge in [-0.2, -0.15) is 0 Å². The third-order valence-electron chi connectivity index (χ3n) is 5.15. The molecule has 0 atom stereocenters. The summed E-state index contributed by atoms with van der Waals surface area (Å²) in [5.41, 5.74) is 4.07. The van der Waals surface area contributed by atoms with Gasteiger partial charge in [0.25, 0.3) is 11.8 Å². The molecule has 1 aliphatic rings. The lowest BCUT2D eigenvalue weighted by molar-refractivity contribution is -0.137. The van der Waals surface area contributed by atoms with E-state index in [1.807, 2.05) is 45.0 Å². The van der Waals surface area contributed by atoms with Gasteiger partial charge in [0.05, 0.1) is 19.3 Å². The minimum Gasteiger partial charge on any atom is -0.495 e. The number of amides is 2. The number of thioether (sulfide) groups is 1. The molecule has 0 saturated carbocycles. The van der Waals surface area contributed by atoms with Crippen molar-refractivity contribution in [3.63, 3.8) is 0 Å². The van der Waals surface area contributed by atoms with Gasteiger partial charge in [0.15, 0.2) is 5.16 Å². The number of anilines is 1. The maximum Gasteiger partial charge on any atom is 0.278 e. The summed E-state index contributed by atoms with van der Waals surface area (Å²) < 4.78 is 5.45. The monoisotopic (exact) mass is 494 g/mol. The number of aryl methyl sites for hydroxylation is 3. The highest BCUT2D eigenvalue weighted by molar-refractivity contribution is 8.04. The molecule has 174 valence electrons. The number of methoxy groups -OCH3 is 1. The number of halogens is 1. The van der Waals surface area contributed by atoms with Gasteiger partial charge in [0.2, 0.25) is 0 Å². The van der Waals surface area contributed by atoms with Gasteiger partial charge < -0.3 is 10.1 Å². The zero-order valence-corrected chi connectivity index (χ0v) is 20.8. The third kappa shape index (κ3) is 5.08. The number of hydrogen-bond donors (Lipinski definition) is 1. The fraction of sp³-hybridized carbons (Fsp3) is 0.200. The first-order valence-corrected chi connectivity index (χ1v) is 11.7. The summed E-state index contributed by atoms with van der Waals surface area (Å²) in [7, 11) is 1.55. The van der Waals surface area contributed by atoms with Crippen LogP contribution in [0.5, 0.6) is 5.75 Å². The first kappa shape index (κ1) is 23.8. The Balaban J connectivity index is 1.73. The number of carbonyl (C=O) groups excluding carboxylic acids is 2. The predicted octanol–water partition coefficient (Wildman–Crippen LogP) is 5.05. The Hall–Kier alpha value is -3.36. The molecule has 7 nitrogen and oxygen atoms in total. The number of carbonyl (C=O) groups is 2. The van der Waals surface area contributed by atoms with Gasteiger partial charge in [-0.05, 0) is 74.0 Å². The highest BCUT2D eigenvalue weighted by Gasteiger charge is 2.40. The molecule has 1 aromatic heterocycles. The van der Waals surface area contributed by atoms with Gasteiger partial charge in [0, 0.05) is 16.4 Å². The maximum absolute atomic E-state index is 13.5. The van der Waals surface area contributed by atoms with Gasteiger partial charge in [0.1, 0.15) is 16.4 Å². The fourth-order valence-corrected chi connectivity index (χ4v) is 4.69. The molecule has 0 unspecified atom stereocenters. The molecule has 1 N–H and O–H groups in total. The van der Waals surface area contributed by atoms with E-state index in [4.69, 9.17) is 16.3 Å². The van der Waals surface area contributed by atoms with E-state index in [9.17, 15) is 9.59 Å². The molecule has 1 aliphatic heterocycles. The van der Waals surface area contributed by atoms with Gasteiger partial charge in [-0.25, -0.2) is 9.97 Å². The quantitative estimate of drug-likeness (QED) is 0.363. The summed E-state index contributed by atoms with van der Waals surface area (Å²) in [4.78, 5) is 37.2. The van der Waals surface area contributed by atoms with Gasteiger partial charge in [-0.3, -0.25) is 14.5 Å². The smallest absolute Gasteiger partial charge is 0.278 e. The Labute approximate surface area is 207 Å². The van der Waals surface area contributed by atoms with E-state index in [2.05, 4.69) is 15.3 Å². The van der Waals surface area contributed by atoms with Crippen LogP contribution in [0, 0.1) is 20.8 Å². The molecule has 9 heteroatoms. The van der Waals surface area contributed by atoms with Crippen molar-refractivity contribution in [1.82, 2.24) is 14.9 Å². The van der Waals surface area contributed by atoms with Crippen LogP contribution >= 0.6 is 23.4 Å². The Morgan fingerprint density at radius 2 is 1.65 bits per heavy atom. The lowest BCUT2D eigenvalue weighted by Gasteiger charge is -2.16. The topological polar surface area (TPSA) is 84.4 Å². The Kier molecular flexibility index (Phi) is 6.90. The zero-order valence-electron chi connectivity index (χ0n) is 19.2. The zero-order chi connectivity index (χ0) is 24.4. The van der Waals surface area contributed by atoms with E-state index in [1.54, 1.807) is 31.4 Å². The molecule has 0 aliphatic carbocycles. The summed E-state index contributed by atoms with van der Waals surface area (Å²) >= 11 is 7.06. The molecule has 34 heavy (non-hydrogen) atoms. The van der Waals surface area contributed by atoms with Crippen LogP contribution in [-0.2, 0) is 16.1 Å². The second-order valence-corrected chi connectivity index (χ2v) is 9.31. The third-order valence-corrected chi connectivity index (χ3v) is 6.35. The summed E-state index contributed by atoms with van der Waals surface area (Å²) in [5.74, 6) is -0.293. The first-order chi connectivity index (χ1) is 16.2. The molecule has 4 rings (SSSR count). The highest BCUT2D eigenvalue weighted by Crippen LogP contribution is 2.37. The molecule has 0 fully saturated rings. The molecule has 0 saturated heterocycles. The second kappa shape index (κ2) is 9.87. The number of nitrogens with zero attached hydrogens (tertiary/aromatic N) is 3. The van der Waals surface area contributed by atoms with Crippen molar-refractivity contribution in [2.45, 2.75) is 32.5 Å². The molecular formula is C25H23ClN4O3S. The van der Waals surface area contributed by atoms with Gasteiger partial charge in [-0.1, -0.05) is 29.8 Å². The van der Waals surface area contributed by atoms with E-state index in [0.29, 0.717) is 21.6 Å². The molecule has 2 heterocycles. The number of ether oxygens (including phenoxy) is 1. The van der Waals surface area contributed by atoms with Gasteiger partial charge in [-0.15, -0.1) is 0 Å². The van der Waals surface area contributed by atoms with Crippen LogP contribution < -0.4 is 10.1 Å². The average molecular weight is 495 g/mol. The summed E-state index contributed by atoms with van der Waals surface area (Å²) in [6, 6.07) is 14.5. The Bertz CT molecular complexity index is 1290. The van der Waals surface area contributed by atoms with Crippen LogP contribution in [0.25, 0.3) is 0 Å².